The van der Waals surface area contributed by atoms with Gasteiger partial charge in [-0.15, -0.1) is 11.3 Å². The maximum Gasteiger partial charge on any atom is 0.319 e. The highest BCUT2D eigenvalue weighted by Crippen LogP contribution is 2.29. The van der Waals surface area contributed by atoms with Crippen molar-refractivity contribution >= 4 is 40.3 Å². The third-order valence-electron chi connectivity index (χ3n) is 2.81. The summed E-state index contributed by atoms with van der Waals surface area (Å²) in [5.74, 6) is 0. The molecule has 2 heterocycles. The van der Waals surface area contributed by atoms with Gasteiger partial charge in [0, 0.05) is 17.6 Å². The summed E-state index contributed by atoms with van der Waals surface area (Å²) in [4.78, 5) is 16.4. The Morgan fingerprint density at radius 1 is 1.47 bits per heavy atom. The van der Waals surface area contributed by atoms with E-state index in [0.717, 1.165) is 21.8 Å². The number of halogens is 1. The fourth-order valence-electron chi connectivity index (χ4n) is 1.92. The molecule has 0 unspecified atom stereocenters. The Balaban J connectivity index is 1.79. The molecule has 0 radical (unpaired) electrons. The number of anilines is 2. The number of para-hydroxylation sites is 1. The number of amides is 2. The van der Waals surface area contributed by atoms with Crippen LogP contribution in [0.2, 0.25) is 4.47 Å². The molecule has 1 aromatic carbocycles. The number of thiazole rings is 1. The van der Waals surface area contributed by atoms with Crippen LogP contribution in [0.25, 0.3) is 0 Å². The fourth-order valence-corrected chi connectivity index (χ4v) is 2.84. The molecule has 0 bridgehead atoms. The van der Waals surface area contributed by atoms with Gasteiger partial charge in [-0.2, -0.15) is 0 Å². The van der Waals surface area contributed by atoms with Gasteiger partial charge in [-0.3, -0.25) is 0 Å². The number of hydrogen-bond acceptors (Lipinski definition) is 4. The van der Waals surface area contributed by atoms with Gasteiger partial charge in [-0.1, -0.05) is 23.7 Å². The van der Waals surface area contributed by atoms with Crippen molar-refractivity contribution in [1.29, 1.82) is 0 Å². The van der Waals surface area contributed by atoms with E-state index in [1.165, 1.54) is 11.3 Å². The lowest BCUT2D eigenvalue weighted by atomic mass is 10.1. The SMILES string of the molecule is O=C1NCc2cccc(NCc3cnc(Cl)s3)c2N1. The van der Waals surface area contributed by atoms with Gasteiger partial charge in [0.25, 0.3) is 0 Å². The predicted octanol–water partition coefficient (Wildman–Crippen LogP) is 3.04. The minimum Gasteiger partial charge on any atom is -0.378 e. The normalized spacial score (nSPS) is 13.4. The van der Waals surface area contributed by atoms with Crippen LogP contribution >= 0.6 is 22.9 Å². The first kappa shape index (κ1) is 12.3. The van der Waals surface area contributed by atoms with Crippen molar-refractivity contribution in [2.75, 3.05) is 10.6 Å². The summed E-state index contributed by atoms with van der Waals surface area (Å²) in [7, 11) is 0. The van der Waals surface area contributed by atoms with Crippen LogP contribution in [-0.4, -0.2) is 11.0 Å². The van der Waals surface area contributed by atoms with Gasteiger partial charge in [-0.25, -0.2) is 9.78 Å². The summed E-state index contributed by atoms with van der Waals surface area (Å²) < 4.78 is 0.532. The Morgan fingerprint density at radius 2 is 2.37 bits per heavy atom. The van der Waals surface area contributed by atoms with E-state index >= 15 is 0 Å². The molecule has 98 valence electrons. The molecule has 0 saturated heterocycles. The maximum absolute atomic E-state index is 11.4. The zero-order valence-electron chi connectivity index (χ0n) is 9.87. The first-order valence-corrected chi connectivity index (χ1v) is 6.92. The summed E-state index contributed by atoms with van der Waals surface area (Å²) in [5, 5.41) is 8.85. The summed E-state index contributed by atoms with van der Waals surface area (Å²) in [6, 6.07) is 5.70. The van der Waals surface area contributed by atoms with Crippen LogP contribution in [0.5, 0.6) is 0 Å². The Hall–Kier alpha value is -1.79. The van der Waals surface area contributed by atoms with Crippen molar-refractivity contribution in [2.45, 2.75) is 13.1 Å². The Labute approximate surface area is 119 Å². The van der Waals surface area contributed by atoms with Crippen LogP contribution < -0.4 is 16.0 Å². The topological polar surface area (TPSA) is 66.0 Å². The second-order valence-corrected chi connectivity index (χ2v) is 5.78. The van der Waals surface area contributed by atoms with Gasteiger partial charge in [0.05, 0.1) is 17.9 Å². The number of carbonyl (C=O) groups excluding carboxylic acids is 1. The molecule has 0 fully saturated rings. The molecule has 1 aromatic heterocycles. The molecular formula is C12H11ClN4OS. The van der Waals surface area contributed by atoms with E-state index in [1.807, 2.05) is 18.2 Å². The standard InChI is InChI=1S/C12H11ClN4OS/c13-11-15-6-8(19-11)5-14-9-3-1-2-7-4-16-12(18)17-10(7)9/h1-3,6,14H,4-5H2,(H2,16,17,18). The number of urea groups is 1. The van der Waals surface area contributed by atoms with Crippen molar-refractivity contribution in [3.05, 3.63) is 39.3 Å². The third-order valence-corrected chi connectivity index (χ3v) is 3.92. The molecule has 2 amide bonds. The first-order valence-electron chi connectivity index (χ1n) is 5.73. The average Bonchev–Trinajstić information content (AvgIpc) is 2.82. The molecule has 7 heteroatoms. The molecule has 3 rings (SSSR count). The van der Waals surface area contributed by atoms with Gasteiger partial charge >= 0.3 is 6.03 Å². The minimum atomic E-state index is -0.178. The average molecular weight is 295 g/mol. The molecule has 0 spiro atoms. The lowest BCUT2D eigenvalue weighted by Gasteiger charge is -2.21. The van der Waals surface area contributed by atoms with Crippen LogP contribution in [0, 0.1) is 0 Å². The van der Waals surface area contributed by atoms with E-state index in [0.29, 0.717) is 17.6 Å². The van der Waals surface area contributed by atoms with Crippen LogP contribution in [0.15, 0.2) is 24.4 Å². The molecule has 0 aliphatic carbocycles. The highest BCUT2D eigenvalue weighted by atomic mass is 35.5. The number of aromatic nitrogens is 1. The lowest BCUT2D eigenvalue weighted by Crippen LogP contribution is -2.33. The number of hydrogen-bond donors (Lipinski definition) is 3. The fraction of sp³-hybridized carbons (Fsp3) is 0.167. The molecule has 0 atom stereocenters. The summed E-state index contributed by atoms with van der Waals surface area (Å²) in [5.41, 5.74) is 2.80. The summed E-state index contributed by atoms with van der Waals surface area (Å²) >= 11 is 7.23. The van der Waals surface area contributed by atoms with Gasteiger partial charge in [-0.05, 0) is 11.6 Å². The number of rotatable bonds is 3. The summed E-state index contributed by atoms with van der Waals surface area (Å²) in [6.45, 7) is 1.17. The third kappa shape index (κ3) is 2.64. The number of benzene rings is 1. The lowest BCUT2D eigenvalue weighted by molar-refractivity contribution is 0.251. The number of carbonyl (C=O) groups is 1. The molecule has 1 aliphatic heterocycles. The van der Waals surface area contributed by atoms with E-state index in [-0.39, 0.29) is 6.03 Å². The van der Waals surface area contributed by atoms with Gasteiger partial charge in [0.1, 0.15) is 0 Å². The Bertz CT molecular complexity index is 628. The van der Waals surface area contributed by atoms with Gasteiger partial charge in [0.2, 0.25) is 0 Å². The molecule has 2 aromatic rings. The van der Waals surface area contributed by atoms with Crippen LogP contribution in [0.1, 0.15) is 10.4 Å². The van der Waals surface area contributed by atoms with Crippen LogP contribution in [-0.2, 0) is 13.1 Å². The van der Waals surface area contributed by atoms with E-state index in [9.17, 15) is 4.79 Å². The van der Waals surface area contributed by atoms with E-state index in [1.54, 1.807) is 6.20 Å². The highest BCUT2D eigenvalue weighted by molar-refractivity contribution is 7.15. The Morgan fingerprint density at radius 3 is 3.16 bits per heavy atom. The largest absolute Gasteiger partial charge is 0.378 e. The van der Waals surface area contributed by atoms with Crippen molar-refractivity contribution in [3.8, 4) is 0 Å². The maximum atomic E-state index is 11.4. The van der Waals surface area contributed by atoms with Crippen LogP contribution in [0.4, 0.5) is 16.2 Å². The second-order valence-electron chi connectivity index (χ2n) is 4.08. The molecule has 5 nitrogen and oxygen atoms in total. The molecule has 19 heavy (non-hydrogen) atoms. The highest BCUT2D eigenvalue weighted by Gasteiger charge is 2.16. The van der Waals surface area contributed by atoms with Crippen molar-refractivity contribution in [3.63, 3.8) is 0 Å². The number of nitrogens with zero attached hydrogens (tertiary/aromatic N) is 1. The number of fused-ring (bicyclic) bond motifs is 1. The number of nitrogens with one attached hydrogen (secondary N) is 3. The van der Waals surface area contributed by atoms with Crippen molar-refractivity contribution in [2.24, 2.45) is 0 Å². The van der Waals surface area contributed by atoms with Gasteiger partial charge in [0.15, 0.2) is 4.47 Å². The van der Waals surface area contributed by atoms with Crippen LogP contribution in [0.3, 0.4) is 0 Å². The van der Waals surface area contributed by atoms with E-state index < -0.39 is 0 Å². The smallest absolute Gasteiger partial charge is 0.319 e. The zero-order valence-corrected chi connectivity index (χ0v) is 11.4. The predicted molar refractivity (Wildman–Crippen MR) is 76.8 cm³/mol. The second kappa shape index (κ2) is 5.07. The zero-order chi connectivity index (χ0) is 13.2. The molecule has 0 saturated carbocycles. The summed E-state index contributed by atoms with van der Waals surface area (Å²) in [6.07, 6.45) is 1.75. The van der Waals surface area contributed by atoms with Gasteiger partial charge < -0.3 is 16.0 Å². The monoisotopic (exact) mass is 294 g/mol. The van der Waals surface area contributed by atoms with E-state index in [2.05, 4.69) is 20.9 Å². The molecule has 1 aliphatic rings. The van der Waals surface area contributed by atoms with Crippen molar-refractivity contribution < 1.29 is 4.79 Å². The Kier molecular flexibility index (Phi) is 3.27. The van der Waals surface area contributed by atoms with Crippen molar-refractivity contribution in [1.82, 2.24) is 10.3 Å². The molecular weight excluding hydrogens is 284 g/mol. The first-order chi connectivity index (χ1) is 9.22. The molecule has 3 N–H and O–H groups in total. The van der Waals surface area contributed by atoms with E-state index in [4.69, 9.17) is 11.6 Å². The quantitative estimate of drug-likeness (QED) is 0.815. The minimum absolute atomic E-state index is 0.178.